The number of rotatable bonds is 6. The van der Waals surface area contributed by atoms with Crippen LogP contribution in [0.25, 0.3) is 0 Å². The fourth-order valence-electron chi connectivity index (χ4n) is 3.17. The first-order valence-electron chi connectivity index (χ1n) is 8.06. The molecule has 20 heavy (non-hydrogen) atoms. The van der Waals surface area contributed by atoms with E-state index in [1.807, 2.05) is 6.92 Å². The molecule has 0 aliphatic carbocycles. The van der Waals surface area contributed by atoms with Crippen LogP contribution in [0.1, 0.15) is 39.0 Å². The molecule has 2 heterocycles. The van der Waals surface area contributed by atoms with E-state index in [9.17, 15) is 9.90 Å². The molecule has 0 aromatic heterocycles. The maximum absolute atomic E-state index is 12.0. The largest absolute Gasteiger partial charge is 0.393 e. The van der Waals surface area contributed by atoms with E-state index in [0.29, 0.717) is 5.92 Å². The molecule has 2 fully saturated rings. The van der Waals surface area contributed by atoms with Gasteiger partial charge in [0.25, 0.3) is 0 Å². The number of hydrogen-bond donors (Lipinski definition) is 3. The van der Waals surface area contributed by atoms with Crippen molar-refractivity contribution in [2.45, 2.75) is 51.2 Å². The Morgan fingerprint density at radius 2 is 2.30 bits per heavy atom. The molecular weight excluding hydrogens is 254 g/mol. The number of carbonyl (C=O) groups excluding carboxylic acids is 1. The predicted octanol–water partition coefficient (Wildman–Crippen LogP) is 0.338. The lowest BCUT2D eigenvalue weighted by molar-refractivity contribution is -0.123. The van der Waals surface area contributed by atoms with E-state index in [-0.39, 0.29) is 18.1 Å². The first kappa shape index (κ1) is 15.7. The first-order valence-corrected chi connectivity index (χ1v) is 8.06. The van der Waals surface area contributed by atoms with Crippen LogP contribution in [0.15, 0.2) is 0 Å². The first-order chi connectivity index (χ1) is 9.65. The summed E-state index contributed by atoms with van der Waals surface area (Å²) in [6, 6.07) is 0.0323. The van der Waals surface area contributed by atoms with Crippen LogP contribution >= 0.6 is 0 Å². The van der Waals surface area contributed by atoms with Crippen LogP contribution in [0, 0.1) is 5.92 Å². The monoisotopic (exact) mass is 283 g/mol. The van der Waals surface area contributed by atoms with Gasteiger partial charge < -0.3 is 20.6 Å². The summed E-state index contributed by atoms with van der Waals surface area (Å²) in [6.45, 7) is 6.74. The second-order valence-electron chi connectivity index (χ2n) is 6.34. The molecule has 0 bridgehead atoms. The van der Waals surface area contributed by atoms with Gasteiger partial charge in [-0.2, -0.15) is 0 Å². The fourth-order valence-corrected chi connectivity index (χ4v) is 3.17. The summed E-state index contributed by atoms with van der Waals surface area (Å²) < 4.78 is 0. The molecule has 0 saturated carbocycles. The molecule has 2 aliphatic heterocycles. The standard InChI is InChI=1S/C15H29N3O2/c1-12(19)6-9-18-8-3-4-13(11-18)10-17-15(20)14-5-2-7-16-14/h12-14,16,19H,2-11H2,1H3,(H,17,20). The van der Waals surface area contributed by atoms with E-state index in [1.54, 1.807) is 0 Å². The number of likely N-dealkylation sites (tertiary alicyclic amines) is 1. The molecule has 0 radical (unpaired) electrons. The average molecular weight is 283 g/mol. The molecule has 3 unspecified atom stereocenters. The average Bonchev–Trinajstić information content (AvgIpc) is 2.97. The summed E-state index contributed by atoms with van der Waals surface area (Å²) in [4.78, 5) is 14.4. The van der Waals surface area contributed by atoms with Gasteiger partial charge in [-0.1, -0.05) is 0 Å². The third kappa shape index (κ3) is 5.04. The number of amides is 1. The zero-order chi connectivity index (χ0) is 14.4. The predicted molar refractivity (Wildman–Crippen MR) is 79.5 cm³/mol. The molecule has 1 amide bonds. The summed E-state index contributed by atoms with van der Waals surface area (Å²) in [6.07, 6.45) is 5.09. The zero-order valence-electron chi connectivity index (χ0n) is 12.6. The van der Waals surface area contributed by atoms with Crippen molar-refractivity contribution < 1.29 is 9.90 Å². The van der Waals surface area contributed by atoms with Crippen molar-refractivity contribution in [2.75, 3.05) is 32.7 Å². The molecule has 5 nitrogen and oxygen atoms in total. The molecule has 5 heteroatoms. The SMILES string of the molecule is CC(O)CCN1CCCC(CNC(=O)C2CCCN2)C1. The Hall–Kier alpha value is -0.650. The van der Waals surface area contributed by atoms with Gasteiger partial charge in [-0.3, -0.25) is 4.79 Å². The van der Waals surface area contributed by atoms with Gasteiger partial charge in [0.1, 0.15) is 0 Å². The van der Waals surface area contributed by atoms with Crippen LogP contribution in [0.5, 0.6) is 0 Å². The van der Waals surface area contributed by atoms with Gasteiger partial charge in [0, 0.05) is 19.6 Å². The molecule has 0 aromatic rings. The van der Waals surface area contributed by atoms with Crippen molar-refractivity contribution in [1.29, 1.82) is 0 Å². The van der Waals surface area contributed by atoms with Gasteiger partial charge in [0.15, 0.2) is 0 Å². The van der Waals surface area contributed by atoms with Gasteiger partial charge in [-0.25, -0.2) is 0 Å². The third-order valence-corrected chi connectivity index (χ3v) is 4.41. The highest BCUT2D eigenvalue weighted by molar-refractivity contribution is 5.81. The fraction of sp³-hybridized carbons (Fsp3) is 0.933. The minimum atomic E-state index is -0.219. The topological polar surface area (TPSA) is 64.6 Å². The molecule has 0 spiro atoms. The minimum Gasteiger partial charge on any atom is -0.393 e. The lowest BCUT2D eigenvalue weighted by Gasteiger charge is -2.33. The smallest absolute Gasteiger partial charge is 0.237 e. The van der Waals surface area contributed by atoms with E-state index >= 15 is 0 Å². The minimum absolute atomic E-state index is 0.0323. The highest BCUT2D eigenvalue weighted by Crippen LogP contribution is 2.16. The van der Waals surface area contributed by atoms with Crippen LogP contribution in [0.2, 0.25) is 0 Å². The third-order valence-electron chi connectivity index (χ3n) is 4.41. The van der Waals surface area contributed by atoms with Crippen molar-refractivity contribution in [3.05, 3.63) is 0 Å². The number of nitrogens with one attached hydrogen (secondary N) is 2. The number of nitrogens with zero attached hydrogens (tertiary/aromatic N) is 1. The molecule has 116 valence electrons. The van der Waals surface area contributed by atoms with Gasteiger partial charge in [-0.15, -0.1) is 0 Å². The summed E-state index contributed by atoms with van der Waals surface area (Å²) in [5.41, 5.74) is 0. The van der Waals surface area contributed by atoms with Gasteiger partial charge in [0.05, 0.1) is 12.1 Å². The van der Waals surface area contributed by atoms with E-state index in [2.05, 4.69) is 15.5 Å². The molecule has 2 rings (SSSR count). The Morgan fingerprint density at radius 3 is 3.00 bits per heavy atom. The molecule has 3 N–H and O–H groups in total. The number of carbonyl (C=O) groups is 1. The van der Waals surface area contributed by atoms with Gasteiger partial charge in [0.2, 0.25) is 5.91 Å². The lowest BCUT2D eigenvalue weighted by atomic mass is 9.97. The molecule has 2 saturated heterocycles. The summed E-state index contributed by atoms with van der Waals surface area (Å²) in [7, 11) is 0. The van der Waals surface area contributed by atoms with Crippen LogP contribution in [0.4, 0.5) is 0 Å². The molecule has 3 atom stereocenters. The maximum atomic E-state index is 12.0. The van der Waals surface area contributed by atoms with Crippen molar-refractivity contribution in [3.8, 4) is 0 Å². The second-order valence-corrected chi connectivity index (χ2v) is 6.34. The van der Waals surface area contributed by atoms with Crippen LogP contribution in [-0.2, 0) is 4.79 Å². The number of aliphatic hydroxyl groups is 1. The molecular formula is C15H29N3O2. The Morgan fingerprint density at radius 1 is 1.45 bits per heavy atom. The maximum Gasteiger partial charge on any atom is 0.237 e. The lowest BCUT2D eigenvalue weighted by Crippen LogP contribution is -2.45. The van der Waals surface area contributed by atoms with Crippen molar-refractivity contribution in [2.24, 2.45) is 5.92 Å². The van der Waals surface area contributed by atoms with E-state index < -0.39 is 0 Å². The second kappa shape index (κ2) is 7.96. The normalized spacial score (nSPS) is 29.3. The van der Waals surface area contributed by atoms with Gasteiger partial charge >= 0.3 is 0 Å². The Labute approximate surface area is 122 Å². The number of piperidine rings is 1. The van der Waals surface area contributed by atoms with Crippen LogP contribution in [0.3, 0.4) is 0 Å². The summed E-state index contributed by atoms with van der Waals surface area (Å²) >= 11 is 0. The Kier molecular flexibility index (Phi) is 6.26. The van der Waals surface area contributed by atoms with E-state index in [0.717, 1.165) is 52.0 Å². The van der Waals surface area contributed by atoms with Crippen molar-refractivity contribution in [3.63, 3.8) is 0 Å². The molecule has 0 aromatic carbocycles. The Bertz CT molecular complexity index is 303. The highest BCUT2D eigenvalue weighted by atomic mass is 16.3. The van der Waals surface area contributed by atoms with Crippen LogP contribution in [-0.4, -0.2) is 60.8 Å². The summed E-state index contributed by atoms with van der Waals surface area (Å²) in [5.74, 6) is 0.728. The molecule has 2 aliphatic rings. The van der Waals surface area contributed by atoms with E-state index in [1.165, 1.54) is 12.8 Å². The quantitative estimate of drug-likeness (QED) is 0.658. The van der Waals surface area contributed by atoms with E-state index in [4.69, 9.17) is 0 Å². The van der Waals surface area contributed by atoms with Crippen molar-refractivity contribution in [1.82, 2.24) is 15.5 Å². The zero-order valence-corrected chi connectivity index (χ0v) is 12.6. The van der Waals surface area contributed by atoms with Gasteiger partial charge in [-0.05, 0) is 58.0 Å². The number of hydrogen-bond acceptors (Lipinski definition) is 4. The Balaban J connectivity index is 1.65. The highest BCUT2D eigenvalue weighted by Gasteiger charge is 2.24. The van der Waals surface area contributed by atoms with Crippen molar-refractivity contribution >= 4 is 5.91 Å². The van der Waals surface area contributed by atoms with Crippen LogP contribution < -0.4 is 10.6 Å². The summed E-state index contributed by atoms with van der Waals surface area (Å²) in [5, 5.41) is 15.7. The number of aliphatic hydroxyl groups excluding tert-OH is 1.